The fourth-order valence-electron chi connectivity index (χ4n) is 5.00. The molecule has 3 heterocycles. The van der Waals surface area contributed by atoms with E-state index in [-0.39, 0.29) is 29.4 Å². The summed E-state index contributed by atoms with van der Waals surface area (Å²) in [4.78, 5) is 25.6. The molecule has 1 N–H and O–H groups in total. The molecule has 0 bridgehead atoms. The van der Waals surface area contributed by atoms with Gasteiger partial charge in [-0.15, -0.1) is 0 Å². The number of benzene rings is 2. The van der Waals surface area contributed by atoms with Gasteiger partial charge in [0.15, 0.2) is 11.5 Å². The van der Waals surface area contributed by atoms with Gasteiger partial charge < -0.3 is 29.3 Å². The maximum atomic E-state index is 13.6. The Morgan fingerprint density at radius 1 is 1.08 bits per heavy atom. The molecule has 1 aromatic heterocycles. The number of hydrogen-bond acceptors (Lipinski definition) is 7. The number of nitrogens with zero attached hydrogens (tertiary/aromatic N) is 4. The highest BCUT2D eigenvalue weighted by Gasteiger charge is 2.32. The van der Waals surface area contributed by atoms with Gasteiger partial charge in [-0.05, 0) is 38.1 Å². The number of morpholine rings is 1. The summed E-state index contributed by atoms with van der Waals surface area (Å²) in [7, 11) is 1.58. The average Bonchev–Trinajstić information content (AvgIpc) is 2.90. The van der Waals surface area contributed by atoms with Crippen LogP contribution in [0.25, 0.3) is 10.9 Å². The Morgan fingerprint density at radius 3 is 2.50 bits per heavy atom. The molecule has 0 aliphatic carbocycles. The first-order valence-electron chi connectivity index (χ1n) is 12.7. The van der Waals surface area contributed by atoms with Crippen LogP contribution in [-0.2, 0) is 4.74 Å². The number of amides is 2. The number of carbonyl (C=O) groups excluding carboxylic acids is 1. The number of piperidine rings is 1. The van der Waals surface area contributed by atoms with Crippen LogP contribution >= 0.6 is 11.6 Å². The number of halogens is 2. The smallest absolute Gasteiger partial charge is 0.320 e. The van der Waals surface area contributed by atoms with E-state index in [1.54, 1.807) is 19.2 Å². The molecular weight excluding hydrogens is 513 g/mol. The van der Waals surface area contributed by atoms with E-state index in [0.29, 0.717) is 72.9 Å². The van der Waals surface area contributed by atoms with Gasteiger partial charge in [0, 0.05) is 56.2 Å². The number of hydrogen-bond donors (Lipinski definition) is 1. The van der Waals surface area contributed by atoms with Crippen LogP contribution in [0.4, 0.5) is 20.7 Å². The lowest BCUT2D eigenvalue weighted by Crippen LogP contribution is -2.54. The molecule has 2 amide bonds. The number of anilines is 2. The summed E-state index contributed by atoms with van der Waals surface area (Å²) in [6.45, 7) is 6.43. The number of urea groups is 1. The van der Waals surface area contributed by atoms with Gasteiger partial charge in [-0.1, -0.05) is 11.6 Å². The maximum absolute atomic E-state index is 13.6. The second-order valence-electron chi connectivity index (χ2n) is 9.75. The van der Waals surface area contributed by atoms with Crippen LogP contribution in [0.3, 0.4) is 0 Å². The van der Waals surface area contributed by atoms with Gasteiger partial charge >= 0.3 is 6.03 Å². The Morgan fingerprint density at radius 2 is 1.82 bits per heavy atom. The minimum Gasteiger partial charge on any atom is -0.493 e. The summed E-state index contributed by atoms with van der Waals surface area (Å²) in [5.74, 6) is 1.16. The highest BCUT2D eigenvalue weighted by atomic mass is 35.5. The van der Waals surface area contributed by atoms with Crippen LogP contribution in [0.1, 0.15) is 26.7 Å². The minimum absolute atomic E-state index is 0.0153. The molecule has 0 radical (unpaired) electrons. The number of aromatic nitrogens is 2. The van der Waals surface area contributed by atoms with Crippen LogP contribution < -0.4 is 14.8 Å². The van der Waals surface area contributed by atoms with Crippen LogP contribution in [0.5, 0.6) is 11.5 Å². The van der Waals surface area contributed by atoms with Crippen LogP contribution in [-0.4, -0.2) is 77.4 Å². The van der Waals surface area contributed by atoms with Gasteiger partial charge in [0.05, 0.1) is 29.9 Å². The standard InChI is InChI=1S/C27H31ClFN5O4/c1-16-13-34(14-17(2)37-16)27(35)33-8-6-19(7-9-33)38-25-11-20-23(12-24(25)36-3)30-15-31-26(20)32-18-4-5-22(29)21(28)10-18/h4-5,10-12,15-17,19H,6-9,13-14H2,1-3H3,(H,30,31,32)/t16-,17+. The monoisotopic (exact) mass is 543 g/mol. The van der Waals surface area contributed by atoms with Gasteiger partial charge in [-0.2, -0.15) is 0 Å². The van der Waals surface area contributed by atoms with Gasteiger partial charge in [-0.25, -0.2) is 19.2 Å². The highest BCUT2D eigenvalue weighted by molar-refractivity contribution is 6.31. The Hall–Kier alpha value is -3.37. The van der Waals surface area contributed by atoms with E-state index in [0.717, 1.165) is 0 Å². The van der Waals surface area contributed by atoms with E-state index in [9.17, 15) is 9.18 Å². The summed E-state index contributed by atoms with van der Waals surface area (Å²) in [5, 5.41) is 3.91. The van der Waals surface area contributed by atoms with E-state index in [4.69, 9.17) is 25.8 Å². The van der Waals surface area contributed by atoms with Crippen molar-refractivity contribution in [2.24, 2.45) is 0 Å². The molecule has 5 rings (SSSR count). The molecule has 2 atom stereocenters. The first-order chi connectivity index (χ1) is 18.3. The van der Waals surface area contributed by atoms with E-state index < -0.39 is 5.82 Å². The fourth-order valence-corrected chi connectivity index (χ4v) is 5.18. The summed E-state index contributed by atoms with van der Waals surface area (Å²) in [5.41, 5.74) is 1.25. The van der Waals surface area contributed by atoms with Crippen molar-refractivity contribution in [1.29, 1.82) is 0 Å². The molecule has 0 unspecified atom stereocenters. The Kier molecular flexibility index (Phi) is 7.71. The van der Waals surface area contributed by atoms with Crippen molar-refractivity contribution in [2.75, 3.05) is 38.6 Å². The normalized spacial score (nSPS) is 20.4. The summed E-state index contributed by atoms with van der Waals surface area (Å²) < 4.78 is 31.3. The first-order valence-corrected chi connectivity index (χ1v) is 13.1. The zero-order valence-electron chi connectivity index (χ0n) is 21.6. The number of likely N-dealkylation sites (tertiary alicyclic amines) is 1. The van der Waals surface area contributed by atoms with Crippen LogP contribution in [0.2, 0.25) is 5.02 Å². The third-order valence-corrected chi connectivity index (χ3v) is 7.09. The van der Waals surface area contributed by atoms with E-state index in [1.165, 1.54) is 18.5 Å². The second-order valence-corrected chi connectivity index (χ2v) is 10.2. The second kappa shape index (κ2) is 11.2. The van der Waals surface area contributed by atoms with E-state index >= 15 is 0 Å². The number of rotatable bonds is 5. The van der Waals surface area contributed by atoms with Gasteiger partial charge in [0.2, 0.25) is 0 Å². The predicted octanol–water partition coefficient (Wildman–Crippen LogP) is 5.25. The van der Waals surface area contributed by atoms with E-state index in [1.807, 2.05) is 29.7 Å². The lowest BCUT2D eigenvalue weighted by molar-refractivity contribution is -0.0593. The summed E-state index contributed by atoms with van der Waals surface area (Å²) in [6.07, 6.45) is 2.84. The van der Waals surface area contributed by atoms with Crippen molar-refractivity contribution in [1.82, 2.24) is 19.8 Å². The highest BCUT2D eigenvalue weighted by Crippen LogP contribution is 2.36. The van der Waals surface area contributed by atoms with Gasteiger partial charge in [0.1, 0.15) is 24.1 Å². The zero-order valence-corrected chi connectivity index (χ0v) is 22.4. The molecule has 38 heavy (non-hydrogen) atoms. The van der Waals surface area contributed by atoms with E-state index in [2.05, 4.69) is 15.3 Å². The van der Waals surface area contributed by atoms with Crippen molar-refractivity contribution >= 4 is 40.0 Å². The Balaban J connectivity index is 1.29. The maximum Gasteiger partial charge on any atom is 0.320 e. The van der Waals surface area contributed by atoms with Crippen molar-refractivity contribution in [3.05, 3.63) is 47.5 Å². The molecule has 2 aromatic carbocycles. The number of fused-ring (bicyclic) bond motifs is 1. The third-order valence-electron chi connectivity index (χ3n) is 6.80. The first kappa shape index (κ1) is 26.2. The fraction of sp³-hybridized carbons (Fsp3) is 0.444. The minimum atomic E-state index is -0.494. The quantitative estimate of drug-likeness (QED) is 0.470. The lowest BCUT2D eigenvalue weighted by Gasteiger charge is -2.40. The Bertz CT molecular complexity index is 1310. The average molecular weight is 544 g/mol. The molecule has 202 valence electrons. The van der Waals surface area contributed by atoms with Crippen molar-refractivity contribution < 1.29 is 23.4 Å². The molecule has 2 saturated heterocycles. The van der Waals surface area contributed by atoms with Crippen molar-refractivity contribution in [2.45, 2.75) is 45.0 Å². The number of ether oxygens (including phenoxy) is 3. The molecule has 3 aromatic rings. The molecular formula is C27H31ClFN5O4. The van der Waals surface area contributed by atoms with Gasteiger partial charge in [0.25, 0.3) is 0 Å². The van der Waals surface area contributed by atoms with Crippen molar-refractivity contribution in [3.8, 4) is 11.5 Å². The zero-order chi connectivity index (χ0) is 26.8. The SMILES string of the molecule is COc1cc2ncnc(Nc3ccc(F)c(Cl)c3)c2cc1OC1CCN(C(=O)N2C[C@@H](C)O[C@@H](C)C2)CC1. The number of carbonyl (C=O) groups is 1. The molecule has 2 aliphatic rings. The predicted molar refractivity (Wildman–Crippen MR) is 143 cm³/mol. The molecule has 2 aliphatic heterocycles. The summed E-state index contributed by atoms with van der Waals surface area (Å²) >= 11 is 5.94. The molecule has 11 heteroatoms. The molecule has 2 fully saturated rings. The molecule has 9 nitrogen and oxygen atoms in total. The van der Waals surface area contributed by atoms with Crippen LogP contribution in [0, 0.1) is 5.82 Å². The van der Waals surface area contributed by atoms with Crippen LogP contribution in [0.15, 0.2) is 36.7 Å². The lowest BCUT2D eigenvalue weighted by atomic mass is 10.1. The molecule has 0 saturated carbocycles. The van der Waals surface area contributed by atoms with Gasteiger partial charge in [-0.3, -0.25) is 0 Å². The topological polar surface area (TPSA) is 89.1 Å². The number of nitrogens with one attached hydrogen (secondary N) is 1. The summed E-state index contributed by atoms with van der Waals surface area (Å²) in [6, 6.07) is 8.08. The van der Waals surface area contributed by atoms with Crippen molar-refractivity contribution in [3.63, 3.8) is 0 Å². The Labute approximate surface area is 225 Å². The number of methoxy groups -OCH3 is 1. The molecule has 0 spiro atoms. The largest absolute Gasteiger partial charge is 0.493 e. The third kappa shape index (κ3) is 5.71.